The number of fused-ring (bicyclic) bond motifs is 3. The number of hydrogen-bond donors (Lipinski definition) is 0. The standard InChI is InChI=1S/C27H16ClN3O/c28-27-30-25(19-15-13-18(14-16-19)17-7-2-1-3-8-17)29-26(31-27)21-10-6-12-23-24(21)20-9-4-5-11-22(20)32-23/h1-16H. The minimum Gasteiger partial charge on any atom is -0.456 e. The van der Waals surface area contributed by atoms with Gasteiger partial charge in [-0.05, 0) is 34.9 Å². The summed E-state index contributed by atoms with van der Waals surface area (Å²) in [5, 5.41) is 2.14. The predicted molar refractivity (Wildman–Crippen MR) is 128 cm³/mol. The van der Waals surface area contributed by atoms with Gasteiger partial charge in [0.2, 0.25) is 5.28 Å². The van der Waals surface area contributed by atoms with Crippen LogP contribution in [0.2, 0.25) is 5.28 Å². The molecular weight excluding hydrogens is 418 g/mol. The second kappa shape index (κ2) is 7.59. The van der Waals surface area contributed by atoms with Crippen molar-refractivity contribution in [1.82, 2.24) is 15.0 Å². The average Bonchev–Trinajstić information content (AvgIpc) is 3.23. The van der Waals surface area contributed by atoms with Gasteiger partial charge in [-0.25, -0.2) is 4.98 Å². The molecule has 0 fully saturated rings. The summed E-state index contributed by atoms with van der Waals surface area (Å²) < 4.78 is 6.01. The van der Waals surface area contributed by atoms with Gasteiger partial charge in [0.15, 0.2) is 11.6 Å². The fraction of sp³-hybridized carbons (Fsp3) is 0. The zero-order chi connectivity index (χ0) is 21.5. The number of para-hydroxylation sites is 1. The number of halogens is 1. The Labute approximate surface area is 189 Å². The SMILES string of the molecule is Clc1nc(-c2ccc(-c3ccccc3)cc2)nc(-c2cccc3oc4ccccc4c23)n1. The van der Waals surface area contributed by atoms with Crippen LogP contribution in [0.4, 0.5) is 0 Å². The van der Waals surface area contributed by atoms with E-state index < -0.39 is 0 Å². The summed E-state index contributed by atoms with van der Waals surface area (Å²) in [4.78, 5) is 13.6. The molecule has 0 atom stereocenters. The van der Waals surface area contributed by atoms with E-state index in [1.807, 2.05) is 72.8 Å². The van der Waals surface area contributed by atoms with E-state index >= 15 is 0 Å². The molecule has 0 amide bonds. The lowest BCUT2D eigenvalue weighted by atomic mass is 10.0. The molecule has 0 aliphatic carbocycles. The summed E-state index contributed by atoms with van der Waals surface area (Å²) in [5.41, 5.74) is 5.63. The smallest absolute Gasteiger partial charge is 0.226 e. The molecule has 6 rings (SSSR count). The number of hydrogen-bond acceptors (Lipinski definition) is 4. The van der Waals surface area contributed by atoms with Gasteiger partial charge in [-0.3, -0.25) is 0 Å². The van der Waals surface area contributed by atoms with Crippen molar-refractivity contribution in [1.29, 1.82) is 0 Å². The third-order valence-electron chi connectivity index (χ3n) is 5.50. The van der Waals surface area contributed by atoms with Crippen LogP contribution in [0, 0.1) is 0 Å². The molecule has 32 heavy (non-hydrogen) atoms. The molecule has 0 unspecified atom stereocenters. The first kappa shape index (κ1) is 18.7. The van der Waals surface area contributed by atoms with Crippen molar-refractivity contribution in [2.75, 3.05) is 0 Å². The molecule has 2 heterocycles. The molecule has 6 aromatic rings. The Balaban J connectivity index is 1.48. The summed E-state index contributed by atoms with van der Waals surface area (Å²) in [5.74, 6) is 1.05. The van der Waals surface area contributed by atoms with E-state index in [1.54, 1.807) is 0 Å². The Bertz CT molecular complexity index is 1570. The Hall–Kier alpha value is -4.02. The van der Waals surface area contributed by atoms with Gasteiger partial charge in [-0.1, -0.05) is 84.9 Å². The van der Waals surface area contributed by atoms with Crippen LogP contribution < -0.4 is 0 Å². The normalized spacial score (nSPS) is 11.3. The second-order valence-electron chi connectivity index (χ2n) is 7.47. The van der Waals surface area contributed by atoms with Crippen molar-refractivity contribution in [3.8, 4) is 33.9 Å². The van der Waals surface area contributed by atoms with Crippen molar-refractivity contribution < 1.29 is 4.42 Å². The molecule has 4 aromatic carbocycles. The average molecular weight is 434 g/mol. The van der Waals surface area contributed by atoms with Gasteiger partial charge >= 0.3 is 0 Å². The summed E-state index contributed by atoms with van der Waals surface area (Å²) in [6.07, 6.45) is 0. The molecule has 0 aliphatic heterocycles. The van der Waals surface area contributed by atoms with E-state index in [0.29, 0.717) is 11.6 Å². The third kappa shape index (κ3) is 3.22. The van der Waals surface area contributed by atoms with Gasteiger partial charge < -0.3 is 4.42 Å². The van der Waals surface area contributed by atoms with Crippen molar-refractivity contribution in [2.24, 2.45) is 0 Å². The minimum absolute atomic E-state index is 0.155. The number of rotatable bonds is 3. The van der Waals surface area contributed by atoms with Crippen LogP contribution in [0.1, 0.15) is 0 Å². The summed E-state index contributed by atoms with van der Waals surface area (Å²) in [6, 6.07) is 32.2. The Kier molecular flexibility index (Phi) is 4.44. The Morgan fingerprint density at radius 2 is 1.19 bits per heavy atom. The van der Waals surface area contributed by atoms with Gasteiger partial charge in [0, 0.05) is 21.9 Å². The van der Waals surface area contributed by atoms with Gasteiger partial charge in [0.25, 0.3) is 0 Å². The Morgan fingerprint density at radius 3 is 2.03 bits per heavy atom. The van der Waals surface area contributed by atoms with Gasteiger partial charge in [0.05, 0.1) is 0 Å². The molecule has 0 radical (unpaired) electrons. The van der Waals surface area contributed by atoms with Crippen molar-refractivity contribution in [3.63, 3.8) is 0 Å². The molecule has 5 heteroatoms. The van der Waals surface area contributed by atoms with Crippen molar-refractivity contribution >= 4 is 33.5 Å². The summed E-state index contributed by atoms with van der Waals surface area (Å²) >= 11 is 6.33. The third-order valence-corrected chi connectivity index (χ3v) is 5.67. The number of nitrogens with zero attached hydrogens (tertiary/aromatic N) is 3. The lowest BCUT2D eigenvalue weighted by Crippen LogP contribution is -1.97. The highest BCUT2D eigenvalue weighted by atomic mass is 35.5. The predicted octanol–water partition coefficient (Wildman–Crippen LogP) is 7.43. The van der Waals surface area contributed by atoms with Crippen molar-refractivity contribution in [3.05, 3.63) is 102 Å². The molecule has 0 N–H and O–H groups in total. The molecule has 0 spiro atoms. The van der Waals surface area contributed by atoms with Gasteiger partial charge in [-0.2, -0.15) is 9.97 Å². The maximum atomic E-state index is 6.33. The summed E-state index contributed by atoms with van der Waals surface area (Å²) in [6.45, 7) is 0. The monoisotopic (exact) mass is 433 g/mol. The van der Waals surface area contributed by atoms with Crippen LogP contribution in [0.25, 0.3) is 55.8 Å². The van der Waals surface area contributed by atoms with Crippen LogP contribution in [-0.4, -0.2) is 15.0 Å². The first-order valence-corrected chi connectivity index (χ1v) is 10.6. The van der Waals surface area contributed by atoms with E-state index in [2.05, 4.69) is 34.2 Å². The van der Waals surface area contributed by atoms with Crippen LogP contribution in [-0.2, 0) is 0 Å². The lowest BCUT2D eigenvalue weighted by Gasteiger charge is -2.07. The van der Waals surface area contributed by atoms with Crippen LogP contribution in [0.3, 0.4) is 0 Å². The fourth-order valence-corrected chi connectivity index (χ4v) is 4.16. The lowest BCUT2D eigenvalue weighted by molar-refractivity contribution is 0.669. The fourth-order valence-electron chi connectivity index (χ4n) is 4.00. The van der Waals surface area contributed by atoms with E-state index in [1.165, 1.54) is 0 Å². The quantitative estimate of drug-likeness (QED) is 0.291. The zero-order valence-electron chi connectivity index (χ0n) is 16.9. The van der Waals surface area contributed by atoms with E-state index in [0.717, 1.165) is 44.2 Å². The molecule has 0 bridgehead atoms. The zero-order valence-corrected chi connectivity index (χ0v) is 17.6. The summed E-state index contributed by atoms with van der Waals surface area (Å²) in [7, 11) is 0. The molecule has 4 nitrogen and oxygen atoms in total. The number of benzene rings is 4. The highest BCUT2D eigenvalue weighted by Gasteiger charge is 2.16. The van der Waals surface area contributed by atoms with E-state index in [-0.39, 0.29) is 5.28 Å². The van der Waals surface area contributed by atoms with Gasteiger partial charge in [-0.15, -0.1) is 0 Å². The molecule has 0 aliphatic rings. The first-order chi connectivity index (χ1) is 15.8. The topological polar surface area (TPSA) is 51.8 Å². The molecule has 152 valence electrons. The maximum Gasteiger partial charge on any atom is 0.226 e. The second-order valence-corrected chi connectivity index (χ2v) is 7.81. The van der Waals surface area contributed by atoms with Crippen molar-refractivity contribution in [2.45, 2.75) is 0 Å². The number of furan rings is 1. The first-order valence-electron chi connectivity index (χ1n) is 10.2. The van der Waals surface area contributed by atoms with E-state index in [4.69, 9.17) is 21.0 Å². The van der Waals surface area contributed by atoms with Crippen LogP contribution in [0.5, 0.6) is 0 Å². The van der Waals surface area contributed by atoms with Gasteiger partial charge in [0.1, 0.15) is 11.2 Å². The number of aromatic nitrogens is 3. The largest absolute Gasteiger partial charge is 0.456 e. The highest BCUT2D eigenvalue weighted by Crippen LogP contribution is 2.36. The van der Waals surface area contributed by atoms with Crippen LogP contribution in [0.15, 0.2) is 101 Å². The molecular formula is C27H16ClN3O. The molecule has 0 saturated heterocycles. The molecule has 0 saturated carbocycles. The highest BCUT2D eigenvalue weighted by molar-refractivity contribution is 6.28. The van der Waals surface area contributed by atoms with E-state index in [9.17, 15) is 0 Å². The minimum atomic E-state index is 0.155. The maximum absolute atomic E-state index is 6.33. The molecule has 2 aromatic heterocycles. The van der Waals surface area contributed by atoms with Crippen LogP contribution >= 0.6 is 11.6 Å². The Morgan fingerprint density at radius 1 is 0.531 bits per heavy atom.